The fourth-order valence-corrected chi connectivity index (χ4v) is 4.29. The largest absolute Gasteiger partial charge is 0.493 e. The lowest BCUT2D eigenvalue weighted by molar-refractivity contribution is -0.0192. The number of ether oxygens (including phenoxy) is 4. The van der Waals surface area contributed by atoms with E-state index in [-0.39, 0.29) is 6.04 Å². The Balaban J connectivity index is 1.64. The molecule has 0 N–H and O–H groups in total. The second kappa shape index (κ2) is 7.74. The fraction of sp³-hybridized carbons (Fsp3) is 0.261. The van der Waals surface area contributed by atoms with Crippen LogP contribution < -0.4 is 18.9 Å². The molecule has 160 valence electrons. The van der Waals surface area contributed by atoms with Gasteiger partial charge in [-0.3, -0.25) is 0 Å². The van der Waals surface area contributed by atoms with E-state index in [4.69, 9.17) is 40.1 Å². The van der Waals surface area contributed by atoms with Gasteiger partial charge in [0.15, 0.2) is 11.5 Å². The molecular weight excluding hydrogens is 420 g/mol. The second-order valence-corrected chi connectivity index (χ2v) is 7.67. The normalized spacial score (nSPS) is 19.2. The summed E-state index contributed by atoms with van der Waals surface area (Å²) >= 11 is 6.29. The summed E-state index contributed by atoms with van der Waals surface area (Å²) in [5.74, 6) is 3.12. The van der Waals surface area contributed by atoms with Crippen LogP contribution in [0.15, 0.2) is 58.2 Å². The van der Waals surface area contributed by atoms with Gasteiger partial charge >= 0.3 is 0 Å². The van der Waals surface area contributed by atoms with Gasteiger partial charge in [-0.2, -0.15) is 5.10 Å². The summed E-state index contributed by atoms with van der Waals surface area (Å²) in [4.78, 5) is 0. The van der Waals surface area contributed by atoms with E-state index in [9.17, 15) is 0 Å². The molecular formula is C23H21ClN2O5. The van der Waals surface area contributed by atoms with Crippen LogP contribution in [0.1, 0.15) is 35.6 Å². The lowest BCUT2D eigenvalue weighted by Gasteiger charge is -2.38. The van der Waals surface area contributed by atoms with E-state index >= 15 is 0 Å². The summed E-state index contributed by atoms with van der Waals surface area (Å²) in [5.41, 5.74) is 2.66. The summed E-state index contributed by atoms with van der Waals surface area (Å²) in [6.07, 6.45) is 1.82. The zero-order valence-corrected chi connectivity index (χ0v) is 18.1. The molecule has 0 saturated heterocycles. The minimum atomic E-state index is -0.500. The number of hydrogen-bond donors (Lipinski definition) is 0. The van der Waals surface area contributed by atoms with Crippen LogP contribution in [-0.4, -0.2) is 32.0 Å². The van der Waals surface area contributed by atoms with Crippen molar-refractivity contribution >= 4 is 17.3 Å². The highest BCUT2D eigenvalue weighted by atomic mass is 35.5. The summed E-state index contributed by atoms with van der Waals surface area (Å²) in [6, 6.07) is 13.1. The number of furan rings is 1. The molecule has 0 spiro atoms. The standard InChI is InChI=1S/C23H21ClN2O5/c1-27-20-9-13(10-21(28-2)22(20)29-3)23-26-17(12-16(25-26)19-5-4-8-30-19)15-11-14(24)6-7-18(15)31-23/h4-11,17,23H,12H2,1-3H3/t17-,23+/m0/s1. The van der Waals surface area contributed by atoms with Gasteiger partial charge < -0.3 is 23.4 Å². The molecule has 2 aromatic carbocycles. The molecule has 1 aromatic heterocycles. The average molecular weight is 441 g/mol. The summed E-state index contributed by atoms with van der Waals surface area (Å²) in [6.45, 7) is 0. The van der Waals surface area contributed by atoms with Crippen molar-refractivity contribution in [3.8, 4) is 23.0 Å². The molecule has 0 fully saturated rings. The highest BCUT2D eigenvalue weighted by Gasteiger charge is 2.42. The van der Waals surface area contributed by atoms with Crippen LogP contribution in [0.3, 0.4) is 0 Å². The molecule has 0 amide bonds. The first-order valence-electron chi connectivity index (χ1n) is 9.78. The van der Waals surface area contributed by atoms with E-state index in [1.807, 2.05) is 47.5 Å². The lowest BCUT2D eigenvalue weighted by atomic mass is 9.97. The third kappa shape index (κ3) is 3.25. The van der Waals surface area contributed by atoms with Crippen LogP contribution in [0.4, 0.5) is 0 Å². The van der Waals surface area contributed by atoms with E-state index in [1.54, 1.807) is 27.6 Å². The molecule has 0 aliphatic carbocycles. The predicted octanol–water partition coefficient (Wildman–Crippen LogP) is 5.20. The summed E-state index contributed by atoms with van der Waals surface area (Å²) in [5, 5.41) is 7.46. The van der Waals surface area contributed by atoms with Gasteiger partial charge in [0.25, 0.3) is 0 Å². The van der Waals surface area contributed by atoms with Crippen molar-refractivity contribution in [3.05, 3.63) is 70.6 Å². The molecule has 0 saturated carbocycles. The number of hydrogen-bond acceptors (Lipinski definition) is 7. The van der Waals surface area contributed by atoms with Crippen LogP contribution in [-0.2, 0) is 0 Å². The first-order chi connectivity index (χ1) is 15.1. The van der Waals surface area contributed by atoms with Crippen molar-refractivity contribution in [1.29, 1.82) is 0 Å². The Bertz CT molecular complexity index is 1120. The Morgan fingerprint density at radius 2 is 1.81 bits per heavy atom. The summed E-state index contributed by atoms with van der Waals surface area (Å²) < 4.78 is 28.5. The minimum absolute atomic E-state index is 0.0494. The van der Waals surface area contributed by atoms with E-state index in [0.717, 1.165) is 28.3 Å². The number of nitrogens with zero attached hydrogens (tertiary/aromatic N) is 2. The maximum Gasteiger partial charge on any atom is 0.214 e. The van der Waals surface area contributed by atoms with Crippen LogP contribution in [0, 0.1) is 0 Å². The third-order valence-electron chi connectivity index (χ3n) is 5.53. The van der Waals surface area contributed by atoms with Gasteiger partial charge in [-0.1, -0.05) is 11.6 Å². The second-order valence-electron chi connectivity index (χ2n) is 7.23. The molecule has 0 bridgehead atoms. The minimum Gasteiger partial charge on any atom is -0.493 e. The Hall–Kier alpha value is -3.32. The van der Waals surface area contributed by atoms with Gasteiger partial charge in [-0.25, -0.2) is 5.01 Å². The lowest BCUT2D eigenvalue weighted by Crippen LogP contribution is -2.33. The van der Waals surface area contributed by atoms with E-state index in [1.165, 1.54) is 0 Å². The van der Waals surface area contributed by atoms with E-state index in [2.05, 4.69) is 0 Å². The topological polar surface area (TPSA) is 65.7 Å². The third-order valence-corrected chi connectivity index (χ3v) is 5.76. The monoisotopic (exact) mass is 440 g/mol. The number of rotatable bonds is 5. The van der Waals surface area contributed by atoms with Crippen molar-refractivity contribution in [2.75, 3.05) is 21.3 Å². The smallest absolute Gasteiger partial charge is 0.214 e. The quantitative estimate of drug-likeness (QED) is 0.543. The number of methoxy groups -OCH3 is 3. The highest BCUT2D eigenvalue weighted by molar-refractivity contribution is 6.30. The molecule has 2 aliphatic rings. The molecule has 2 atom stereocenters. The zero-order valence-electron chi connectivity index (χ0n) is 17.3. The van der Waals surface area contributed by atoms with Gasteiger partial charge in [-0.05, 0) is 42.5 Å². The number of fused-ring (bicyclic) bond motifs is 3. The van der Waals surface area contributed by atoms with Crippen molar-refractivity contribution < 1.29 is 23.4 Å². The van der Waals surface area contributed by atoms with E-state index < -0.39 is 6.23 Å². The van der Waals surface area contributed by atoms with Crippen LogP contribution in [0.2, 0.25) is 5.02 Å². The molecule has 3 heterocycles. The van der Waals surface area contributed by atoms with Crippen molar-refractivity contribution in [3.63, 3.8) is 0 Å². The van der Waals surface area contributed by atoms with Crippen molar-refractivity contribution in [1.82, 2.24) is 5.01 Å². The molecule has 0 radical (unpaired) electrons. The maximum atomic E-state index is 6.40. The molecule has 0 unspecified atom stereocenters. The Labute approximate surface area is 184 Å². The molecule has 8 heteroatoms. The fourth-order valence-electron chi connectivity index (χ4n) is 4.11. The SMILES string of the molecule is COc1cc([C@H]2Oc3ccc(Cl)cc3[C@@H]3CC(c4ccco4)=NN23)cc(OC)c1OC. The first kappa shape index (κ1) is 19.6. The molecule has 2 aliphatic heterocycles. The zero-order chi connectivity index (χ0) is 21.5. The number of hydrazone groups is 1. The Morgan fingerprint density at radius 3 is 2.45 bits per heavy atom. The van der Waals surface area contributed by atoms with Gasteiger partial charge in [0.2, 0.25) is 12.0 Å². The maximum absolute atomic E-state index is 6.40. The average Bonchev–Trinajstić information content (AvgIpc) is 3.47. The van der Waals surface area contributed by atoms with Crippen LogP contribution in [0.5, 0.6) is 23.0 Å². The molecule has 31 heavy (non-hydrogen) atoms. The van der Waals surface area contributed by atoms with Gasteiger partial charge in [0.05, 0.1) is 33.6 Å². The van der Waals surface area contributed by atoms with Crippen LogP contribution in [0.25, 0.3) is 0 Å². The molecule has 7 nitrogen and oxygen atoms in total. The highest BCUT2D eigenvalue weighted by Crippen LogP contribution is 2.50. The van der Waals surface area contributed by atoms with Gasteiger partial charge in [0, 0.05) is 22.6 Å². The Kier molecular flexibility index (Phi) is 4.90. The number of halogens is 1. The van der Waals surface area contributed by atoms with Gasteiger partial charge in [-0.15, -0.1) is 0 Å². The first-order valence-corrected chi connectivity index (χ1v) is 10.2. The van der Waals surface area contributed by atoms with Gasteiger partial charge in [0.1, 0.15) is 17.2 Å². The molecule has 3 aromatic rings. The van der Waals surface area contributed by atoms with Crippen molar-refractivity contribution in [2.24, 2.45) is 5.10 Å². The Morgan fingerprint density at radius 1 is 1.03 bits per heavy atom. The van der Waals surface area contributed by atoms with Crippen LogP contribution >= 0.6 is 11.6 Å². The summed E-state index contributed by atoms with van der Waals surface area (Å²) in [7, 11) is 4.76. The predicted molar refractivity (Wildman–Crippen MR) is 115 cm³/mol. The van der Waals surface area contributed by atoms with Crippen molar-refractivity contribution in [2.45, 2.75) is 18.7 Å². The molecule has 5 rings (SSSR count). The number of benzene rings is 2. The van der Waals surface area contributed by atoms with E-state index in [0.29, 0.717) is 28.7 Å².